The number of esters is 1. The Morgan fingerprint density at radius 3 is 3.07 bits per heavy atom. The van der Waals surface area contributed by atoms with Crippen LogP contribution in [0.3, 0.4) is 0 Å². The van der Waals surface area contributed by atoms with E-state index in [0.717, 1.165) is 32.2 Å². The smallest absolute Gasteiger partial charge is 0.320 e. The summed E-state index contributed by atoms with van der Waals surface area (Å²) in [6.45, 7) is 4.39. The minimum Gasteiger partial charge on any atom is -0.465 e. The monoisotopic (exact) mass is 215 g/mol. The lowest BCUT2D eigenvalue weighted by atomic mass is 10.1. The zero-order valence-corrected chi connectivity index (χ0v) is 9.45. The molecule has 88 valence electrons. The number of ether oxygens (including phenoxy) is 1. The molecule has 0 aliphatic carbocycles. The van der Waals surface area contributed by atoms with Gasteiger partial charge < -0.3 is 9.84 Å². The summed E-state index contributed by atoms with van der Waals surface area (Å²) < 4.78 is 5.06. The lowest BCUT2D eigenvalue weighted by molar-refractivity contribution is -0.145. The molecule has 4 nitrogen and oxygen atoms in total. The number of hydrogen-bond acceptors (Lipinski definition) is 4. The topological polar surface area (TPSA) is 49.8 Å². The average Bonchev–Trinajstić information content (AvgIpc) is 2.18. The van der Waals surface area contributed by atoms with Crippen molar-refractivity contribution in [1.82, 2.24) is 4.90 Å². The molecule has 1 fully saturated rings. The van der Waals surface area contributed by atoms with Crippen LogP contribution in [0.1, 0.15) is 32.6 Å². The third-order valence-corrected chi connectivity index (χ3v) is 2.59. The van der Waals surface area contributed by atoms with E-state index < -0.39 is 0 Å². The second-order valence-corrected chi connectivity index (χ2v) is 4.11. The van der Waals surface area contributed by atoms with E-state index in [0.29, 0.717) is 19.7 Å². The van der Waals surface area contributed by atoms with Gasteiger partial charge in [-0.05, 0) is 25.8 Å². The lowest BCUT2D eigenvalue weighted by Gasteiger charge is -2.28. The molecule has 0 spiro atoms. The van der Waals surface area contributed by atoms with Gasteiger partial charge in [-0.3, -0.25) is 9.69 Å². The second-order valence-electron chi connectivity index (χ2n) is 4.11. The van der Waals surface area contributed by atoms with E-state index in [4.69, 9.17) is 4.74 Å². The quantitative estimate of drug-likeness (QED) is 0.544. The number of hydrogen-bond donors (Lipinski definition) is 1. The summed E-state index contributed by atoms with van der Waals surface area (Å²) in [4.78, 5) is 13.3. The van der Waals surface area contributed by atoms with Crippen LogP contribution in [-0.4, -0.2) is 48.3 Å². The van der Waals surface area contributed by atoms with Crippen molar-refractivity contribution in [2.24, 2.45) is 0 Å². The number of unbranched alkanes of at least 4 members (excludes halogenated alkanes) is 1. The van der Waals surface area contributed by atoms with E-state index in [1.165, 1.54) is 0 Å². The van der Waals surface area contributed by atoms with E-state index >= 15 is 0 Å². The maximum atomic E-state index is 11.3. The van der Waals surface area contributed by atoms with Gasteiger partial charge in [-0.2, -0.15) is 0 Å². The van der Waals surface area contributed by atoms with Crippen LogP contribution < -0.4 is 0 Å². The van der Waals surface area contributed by atoms with Gasteiger partial charge in [0.2, 0.25) is 0 Å². The molecule has 0 aromatic rings. The highest BCUT2D eigenvalue weighted by atomic mass is 16.5. The van der Waals surface area contributed by atoms with Crippen LogP contribution in [0.2, 0.25) is 0 Å². The zero-order chi connectivity index (χ0) is 11.1. The van der Waals surface area contributed by atoms with Crippen LogP contribution in [-0.2, 0) is 9.53 Å². The molecule has 1 atom stereocenters. The van der Waals surface area contributed by atoms with Crippen LogP contribution in [0.15, 0.2) is 0 Å². The largest absolute Gasteiger partial charge is 0.465 e. The van der Waals surface area contributed by atoms with E-state index in [1.54, 1.807) is 0 Å². The Kier molecular flexibility index (Phi) is 5.65. The molecule has 1 unspecified atom stereocenters. The number of aliphatic hydroxyl groups excluding tert-OH is 1. The van der Waals surface area contributed by atoms with E-state index in [1.807, 2.05) is 4.90 Å². The Balaban J connectivity index is 2.13. The Bertz CT molecular complexity index is 196. The summed E-state index contributed by atoms with van der Waals surface area (Å²) in [7, 11) is 0. The predicted octanol–water partition coefficient (Wildman–Crippen LogP) is 0.786. The molecule has 0 bridgehead atoms. The third-order valence-electron chi connectivity index (χ3n) is 2.59. The summed E-state index contributed by atoms with van der Waals surface area (Å²) in [6.07, 6.45) is 3.50. The molecule has 0 saturated carbocycles. The Morgan fingerprint density at radius 2 is 2.40 bits per heavy atom. The molecule has 1 aliphatic rings. The maximum absolute atomic E-state index is 11.3. The minimum atomic E-state index is -0.276. The first-order valence-corrected chi connectivity index (χ1v) is 5.78. The molecule has 0 aromatic carbocycles. The van der Waals surface area contributed by atoms with Gasteiger partial charge in [-0.25, -0.2) is 0 Å². The molecule has 1 saturated heterocycles. The zero-order valence-electron chi connectivity index (χ0n) is 9.45. The number of nitrogens with zero attached hydrogens (tertiary/aromatic N) is 1. The number of piperidine rings is 1. The highest BCUT2D eigenvalue weighted by molar-refractivity contribution is 5.71. The van der Waals surface area contributed by atoms with Gasteiger partial charge in [0.1, 0.15) is 0 Å². The number of rotatable bonds is 5. The first kappa shape index (κ1) is 12.5. The van der Waals surface area contributed by atoms with Crippen LogP contribution in [0, 0.1) is 0 Å². The lowest BCUT2D eigenvalue weighted by Crippen LogP contribution is -2.41. The molecule has 1 rings (SSSR count). The fourth-order valence-electron chi connectivity index (χ4n) is 1.73. The number of aliphatic hydroxyl groups is 1. The average molecular weight is 215 g/mol. The molecule has 1 heterocycles. The Labute approximate surface area is 91.2 Å². The molecule has 0 amide bonds. The number of likely N-dealkylation sites (tertiary alicyclic amines) is 1. The van der Waals surface area contributed by atoms with Crippen molar-refractivity contribution in [1.29, 1.82) is 0 Å². The Hall–Kier alpha value is -0.610. The summed E-state index contributed by atoms with van der Waals surface area (Å²) in [5.74, 6) is -0.169. The molecule has 1 aliphatic heterocycles. The molecule has 1 N–H and O–H groups in total. The molecule has 0 aromatic heterocycles. The molecule has 4 heteroatoms. The number of carbonyl (C=O) groups is 1. The van der Waals surface area contributed by atoms with Gasteiger partial charge in [0.15, 0.2) is 0 Å². The summed E-state index contributed by atoms with van der Waals surface area (Å²) in [5, 5.41) is 9.41. The van der Waals surface area contributed by atoms with Gasteiger partial charge >= 0.3 is 5.97 Å². The molecule has 0 radical (unpaired) electrons. The van der Waals surface area contributed by atoms with Gasteiger partial charge in [-0.15, -0.1) is 0 Å². The first-order chi connectivity index (χ1) is 7.22. The van der Waals surface area contributed by atoms with Crippen LogP contribution in [0.4, 0.5) is 0 Å². The van der Waals surface area contributed by atoms with Crippen molar-refractivity contribution in [2.45, 2.75) is 38.7 Å². The van der Waals surface area contributed by atoms with Crippen LogP contribution in [0.25, 0.3) is 0 Å². The fourth-order valence-corrected chi connectivity index (χ4v) is 1.73. The van der Waals surface area contributed by atoms with Crippen LogP contribution >= 0.6 is 0 Å². The standard InChI is InChI=1S/C11H21NO3/c1-2-3-7-15-11(14)9-12-6-4-5-10(13)8-12/h10,13H,2-9H2,1H3. The van der Waals surface area contributed by atoms with Gasteiger partial charge in [0.25, 0.3) is 0 Å². The third kappa shape index (κ3) is 5.14. The van der Waals surface area contributed by atoms with Crippen molar-refractivity contribution in [3.8, 4) is 0 Å². The predicted molar refractivity (Wildman–Crippen MR) is 57.5 cm³/mol. The normalized spacial score (nSPS) is 22.7. The number of β-amino-alcohol motifs (C(OH)–C–C–N with tert-alkyl or cyclic N) is 1. The van der Waals surface area contributed by atoms with Crippen molar-refractivity contribution < 1.29 is 14.6 Å². The second kappa shape index (κ2) is 6.80. The van der Waals surface area contributed by atoms with E-state index in [2.05, 4.69) is 6.92 Å². The molecule has 15 heavy (non-hydrogen) atoms. The Morgan fingerprint density at radius 1 is 1.60 bits per heavy atom. The summed E-state index contributed by atoms with van der Waals surface area (Å²) >= 11 is 0. The van der Waals surface area contributed by atoms with Crippen molar-refractivity contribution in [2.75, 3.05) is 26.2 Å². The maximum Gasteiger partial charge on any atom is 0.320 e. The first-order valence-electron chi connectivity index (χ1n) is 5.78. The van der Waals surface area contributed by atoms with Crippen molar-refractivity contribution in [3.63, 3.8) is 0 Å². The van der Waals surface area contributed by atoms with Gasteiger partial charge in [0, 0.05) is 6.54 Å². The van der Waals surface area contributed by atoms with E-state index in [-0.39, 0.29) is 12.1 Å². The minimum absolute atomic E-state index is 0.169. The van der Waals surface area contributed by atoms with E-state index in [9.17, 15) is 9.90 Å². The molecular formula is C11H21NO3. The number of carbonyl (C=O) groups excluding carboxylic acids is 1. The molecular weight excluding hydrogens is 194 g/mol. The fraction of sp³-hybridized carbons (Fsp3) is 0.909. The summed E-state index contributed by atoms with van der Waals surface area (Å²) in [6, 6.07) is 0. The SMILES string of the molecule is CCCCOC(=O)CN1CCCC(O)C1. The highest BCUT2D eigenvalue weighted by Crippen LogP contribution is 2.09. The highest BCUT2D eigenvalue weighted by Gasteiger charge is 2.19. The van der Waals surface area contributed by atoms with Gasteiger partial charge in [-0.1, -0.05) is 13.3 Å². The van der Waals surface area contributed by atoms with Crippen molar-refractivity contribution >= 4 is 5.97 Å². The van der Waals surface area contributed by atoms with Crippen LogP contribution in [0.5, 0.6) is 0 Å². The van der Waals surface area contributed by atoms with Crippen molar-refractivity contribution in [3.05, 3.63) is 0 Å². The van der Waals surface area contributed by atoms with Gasteiger partial charge in [0.05, 0.1) is 19.3 Å². The summed E-state index contributed by atoms with van der Waals surface area (Å²) in [5.41, 5.74) is 0.